The number of hydrogen-bond donors (Lipinski definition) is 2. The van der Waals surface area contributed by atoms with Crippen molar-refractivity contribution in [3.8, 4) is 17.2 Å². The molecule has 1 aromatic rings. The lowest BCUT2D eigenvalue weighted by Gasteiger charge is -1.92. The van der Waals surface area contributed by atoms with Crippen molar-refractivity contribution in [2.75, 3.05) is 0 Å². The number of nitrogens with zero attached hydrogens (tertiary/aromatic N) is 4. The lowest BCUT2D eigenvalue weighted by Crippen LogP contribution is -2.06. The molecule has 2 heterocycles. The van der Waals surface area contributed by atoms with Gasteiger partial charge in [-0.2, -0.15) is 5.26 Å². The van der Waals surface area contributed by atoms with Crippen molar-refractivity contribution in [3.63, 3.8) is 0 Å². The highest BCUT2D eigenvalue weighted by atomic mass is 15.0. The van der Waals surface area contributed by atoms with Gasteiger partial charge in [-0.05, 0) is 12.1 Å². The molecule has 1 aromatic heterocycles. The first-order valence-corrected chi connectivity index (χ1v) is 4.87. The van der Waals surface area contributed by atoms with Gasteiger partial charge in [0.1, 0.15) is 0 Å². The zero-order valence-corrected chi connectivity index (χ0v) is 8.60. The maximum atomic E-state index is 8.83. The number of fused-ring (bicyclic) bond motifs is 2. The van der Waals surface area contributed by atoms with E-state index in [1.165, 1.54) is 6.33 Å². The summed E-state index contributed by atoms with van der Waals surface area (Å²) in [6.45, 7) is 0. The molecule has 0 bridgehead atoms. The summed E-state index contributed by atoms with van der Waals surface area (Å²) in [6.07, 6.45) is 3.08. The van der Waals surface area contributed by atoms with Gasteiger partial charge in [0.2, 0.25) is 0 Å². The fourth-order valence-corrected chi connectivity index (χ4v) is 1.66. The Labute approximate surface area is 95.5 Å². The molecule has 2 N–H and O–H groups in total. The maximum absolute atomic E-state index is 8.83. The predicted molar refractivity (Wildman–Crippen MR) is 58.9 cm³/mol. The predicted octanol–water partition coefficient (Wildman–Crippen LogP) is 0.809. The van der Waals surface area contributed by atoms with Crippen molar-refractivity contribution >= 4 is 11.3 Å². The highest BCUT2D eigenvalue weighted by Gasteiger charge is 2.08. The Morgan fingerprint density at radius 2 is 2.18 bits per heavy atom. The number of aromatic nitrogens is 4. The minimum absolute atomic E-state index is 0.0955. The summed E-state index contributed by atoms with van der Waals surface area (Å²) in [7, 11) is 0. The molecule has 6 nitrogen and oxygen atoms in total. The summed E-state index contributed by atoms with van der Waals surface area (Å²) in [5, 5.41) is 16.7. The molecule has 0 unspecified atom stereocenters. The van der Waals surface area contributed by atoms with Crippen LogP contribution >= 0.6 is 0 Å². The molecule has 0 spiro atoms. The normalized spacial score (nSPS) is 10.5. The molecule has 1 aliphatic heterocycles. The van der Waals surface area contributed by atoms with Gasteiger partial charge in [0.15, 0.2) is 16.8 Å². The van der Waals surface area contributed by atoms with Gasteiger partial charge >= 0.3 is 0 Å². The number of nitrogens with one attached hydrogen (secondary N) is 2. The van der Waals surface area contributed by atoms with Gasteiger partial charge in [0, 0.05) is 17.3 Å². The first kappa shape index (κ1) is 9.42. The van der Waals surface area contributed by atoms with Crippen LogP contribution in [0.1, 0.15) is 5.56 Å². The van der Waals surface area contributed by atoms with E-state index in [0.29, 0.717) is 28.0 Å². The maximum Gasteiger partial charge on any atom is 0.197 e. The van der Waals surface area contributed by atoms with Crippen LogP contribution in [0.15, 0.2) is 24.7 Å². The smallest absolute Gasteiger partial charge is 0.197 e. The monoisotopic (exact) mass is 222 g/mol. The molecule has 0 radical (unpaired) electrons. The van der Waals surface area contributed by atoms with Crippen molar-refractivity contribution < 1.29 is 0 Å². The molecule has 17 heavy (non-hydrogen) atoms. The Morgan fingerprint density at radius 1 is 1.29 bits per heavy atom. The van der Waals surface area contributed by atoms with Crippen LogP contribution in [0, 0.1) is 16.7 Å². The van der Waals surface area contributed by atoms with E-state index < -0.39 is 0 Å². The summed E-state index contributed by atoms with van der Waals surface area (Å²) >= 11 is 0. The fourth-order valence-electron chi connectivity index (χ4n) is 1.66. The minimum atomic E-state index is 0.0955. The van der Waals surface area contributed by atoms with Crippen molar-refractivity contribution in [1.29, 1.82) is 10.7 Å². The van der Waals surface area contributed by atoms with Crippen molar-refractivity contribution in [2.24, 2.45) is 0 Å². The van der Waals surface area contributed by atoms with Crippen LogP contribution in [0.25, 0.3) is 22.4 Å². The van der Waals surface area contributed by atoms with Gasteiger partial charge in [0.25, 0.3) is 0 Å². The zero-order valence-electron chi connectivity index (χ0n) is 8.60. The first-order chi connectivity index (χ1) is 8.28. The summed E-state index contributed by atoms with van der Waals surface area (Å²) < 4.78 is 0. The summed E-state index contributed by atoms with van der Waals surface area (Å²) in [4.78, 5) is 15.0. The van der Waals surface area contributed by atoms with Gasteiger partial charge in [-0.25, -0.2) is 15.0 Å². The van der Waals surface area contributed by atoms with Crippen LogP contribution in [0.3, 0.4) is 0 Å². The number of H-pyrrole nitrogens is 1. The Hall–Kier alpha value is -2.81. The zero-order chi connectivity index (χ0) is 11.8. The molecule has 0 amide bonds. The molecular formula is C11H6N6. The summed E-state index contributed by atoms with van der Waals surface area (Å²) in [5.41, 5.74) is 2.81. The summed E-state index contributed by atoms with van der Waals surface area (Å²) in [5.74, 6) is 0. The number of hydrogen-bond acceptors (Lipinski definition) is 5. The van der Waals surface area contributed by atoms with Crippen molar-refractivity contribution in [3.05, 3.63) is 35.7 Å². The average Bonchev–Trinajstić information content (AvgIpc) is 2.90. The Morgan fingerprint density at radius 3 is 3.00 bits per heavy atom. The van der Waals surface area contributed by atoms with Crippen LogP contribution in [0.5, 0.6) is 0 Å². The molecular weight excluding hydrogens is 216 g/mol. The van der Waals surface area contributed by atoms with Gasteiger partial charge in [-0.15, -0.1) is 0 Å². The highest BCUT2D eigenvalue weighted by molar-refractivity contribution is 5.71. The Kier molecular flexibility index (Phi) is 1.86. The van der Waals surface area contributed by atoms with Crippen LogP contribution in [-0.4, -0.2) is 19.9 Å². The molecule has 3 rings (SSSR count). The fraction of sp³-hybridized carbons (Fsp3) is 0. The quantitative estimate of drug-likeness (QED) is 0.587. The van der Waals surface area contributed by atoms with E-state index in [4.69, 9.17) is 10.7 Å². The van der Waals surface area contributed by atoms with Crippen molar-refractivity contribution in [2.45, 2.75) is 0 Å². The molecule has 6 heteroatoms. The van der Waals surface area contributed by atoms with E-state index in [9.17, 15) is 0 Å². The molecule has 2 aliphatic rings. The third-order valence-corrected chi connectivity index (χ3v) is 2.46. The number of rotatable bonds is 0. The third-order valence-electron chi connectivity index (χ3n) is 2.46. The van der Waals surface area contributed by atoms with E-state index in [1.807, 2.05) is 6.07 Å². The number of aromatic amines is 1. The Balaban J connectivity index is 2.49. The molecule has 1 aliphatic carbocycles. The van der Waals surface area contributed by atoms with Gasteiger partial charge in [0.05, 0.1) is 18.0 Å². The van der Waals surface area contributed by atoms with E-state index in [0.717, 1.165) is 0 Å². The average molecular weight is 222 g/mol. The second kappa shape index (κ2) is 3.35. The molecule has 0 saturated heterocycles. The standard InChI is InChI=1S/C11H6N6/c12-3-6-1-7-4-14-10-11(16-5-15-10)17-9(13)8(7)2-6/h1-2,4-5H,(H2,13,14,15,16,17). The van der Waals surface area contributed by atoms with Gasteiger partial charge in [-0.3, -0.25) is 5.41 Å². The van der Waals surface area contributed by atoms with E-state index >= 15 is 0 Å². The Bertz CT molecular complexity index is 782. The molecule has 0 fully saturated rings. The van der Waals surface area contributed by atoms with E-state index in [-0.39, 0.29) is 5.49 Å². The second-order valence-corrected chi connectivity index (χ2v) is 3.52. The third kappa shape index (κ3) is 1.41. The largest absolute Gasteiger partial charge is 0.328 e. The molecule has 80 valence electrons. The van der Waals surface area contributed by atoms with E-state index in [1.54, 1.807) is 18.3 Å². The summed E-state index contributed by atoms with van der Waals surface area (Å²) in [6, 6.07) is 5.35. The SMILES string of the molecule is N#Cc1cc2cnc3nc[nH]c3nc(=N)c-2c1. The molecule has 0 saturated carbocycles. The lowest BCUT2D eigenvalue weighted by molar-refractivity contribution is 1.12. The van der Waals surface area contributed by atoms with E-state index in [2.05, 4.69) is 19.9 Å². The highest BCUT2D eigenvalue weighted by Crippen LogP contribution is 2.20. The molecule has 0 aromatic carbocycles. The minimum Gasteiger partial charge on any atom is -0.328 e. The van der Waals surface area contributed by atoms with Crippen LogP contribution in [0.2, 0.25) is 0 Å². The first-order valence-electron chi connectivity index (χ1n) is 4.87. The number of imidazole rings is 1. The van der Waals surface area contributed by atoms with Crippen LogP contribution in [0.4, 0.5) is 0 Å². The number of nitriles is 1. The topological polar surface area (TPSA) is 102 Å². The van der Waals surface area contributed by atoms with Crippen molar-refractivity contribution in [1.82, 2.24) is 19.9 Å². The second-order valence-electron chi connectivity index (χ2n) is 3.52. The molecule has 0 atom stereocenters. The van der Waals surface area contributed by atoms with Gasteiger partial charge in [-0.1, -0.05) is 0 Å². The van der Waals surface area contributed by atoms with Gasteiger partial charge < -0.3 is 4.98 Å². The van der Waals surface area contributed by atoms with Crippen LogP contribution < -0.4 is 5.49 Å². The lowest BCUT2D eigenvalue weighted by atomic mass is 10.2. The van der Waals surface area contributed by atoms with Crippen LogP contribution in [-0.2, 0) is 0 Å².